The summed E-state index contributed by atoms with van der Waals surface area (Å²) < 4.78 is 0. The van der Waals surface area contributed by atoms with Crippen molar-refractivity contribution in [2.75, 3.05) is 31.5 Å². The number of para-hydroxylation sites is 1. The van der Waals surface area contributed by atoms with Crippen molar-refractivity contribution in [1.29, 1.82) is 5.26 Å². The van der Waals surface area contributed by atoms with Gasteiger partial charge in [-0.2, -0.15) is 5.26 Å². The van der Waals surface area contributed by atoms with Crippen LogP contribution in [-0.2, 0) is 0 Å². The van der Waals surface area contributed by atoms with Crippen LogP contribution in [-0.4, -0.2) is 42.3 Å². The fourth-order valence-corrected chi connectivity index (χ4v) is 1.81. The highest BCUT2D eigenvalue weighted by Gasteiger charge is 2.09. The summed E-state index contributed by atoms with van der Waals surface area (Å²) >= 11 is 0. The molecule has 0 heterocycles. The maximum atomic E-state index is 9.92. The molecule has 4 nitrogen and oxygen atoms in total. The molecule has 98 valence electrons. The lowest BCUT2D eigenvalue weighted by atomic mass is 10.2. The Morgan fingerprint density at radius 3 is 2.61 bits per heavy atom. The highest BCUT2D eigenvalue weighted by molar-refractivity contribution is 5.57. The second-order valence-electron chi connectivity index (χ2n) is 4.18. The van der Waals surface area contributed by atoms with E-state index in [4.69, 9.17) is 5.26 Å². The topological polar surface area (TPSA) is 59.3 Å². The standard InChI is InChI=1S/C14H21N3O/c1-3-17(4-2)11-13(18)10-16-14-8-6-5-7-12(14)9-15/h5-8,13,16,18H,3-4,10-11H2,1-2H3. The number of nitriles is 1. The molecule has 0 aliphatic heterocycles. The molecular weight excluding hydrogens is 226 g/mol. The van der Waals surface area contributed by atoms with Crippen molar-refractivity contribution >= 4 is 5.69 Å². The minimum absolute atomic E-state index is 0.434. The molecule has 1 atom stereocenters. The fraction of sp³-hybridized carbons (Fsp3) is 0.500. The van der Waals surface area contributed by atoms with Gasteiger partial charge in [0.15, 0.2) is 0 Å². The van der Waals surface area contributed by atoms with Gasteiger partial charge < -0.3 is 15.3 Å². The summed E-state index contributed by atoms with van der Waals surface area (Å²) in [5.41, 5.74) is 1.38. The predicted molar refractivity (Wildman–Crippen MR) is 73.4 cm³/mol. The van der Waals surface area contributed by atoms with Crippen molar-refractivity contribution in [2.45, 2.75) is 20.0 Å². The molecule has 1 aromatic rings. The molecule has 1 unspecified atom stereocenters. The lowest BCUT2D eigenvalue weighted by molar-refractivity contribution is 0.128. The third kappa shape index (κ3) is 4.36. The predicted octanol–water partition coefficient (Wildman–Crippen LogP) is 1.67. The lowest BCUT2D eigenvalue weighted by Crippen LogP contribution is -2.36. The zero-order chi connectivity index (χ0) is 13.4. The van der Waals surface area contributed by atoms with Gasteiger partial charge in [-0.3, -0.25) is 0 Å². The van der Waals surface area contributed by atoms with Crippen molar-refractivity contribution in [3.05, 3.63) is 29.8 Å². The number of hydrogen-bond donors (Lipinski definition) is 2. The fourth-order valence-electron chi connectivity index (χ4n) is 1.81. The zero-order valence-corrected chi connectivity index (χ0v) is 11.1. The first-order valence-electron chi connectivity index (χ1n) is 6.34. The van der Waals surface area contributed by atoms with E-state index in [-0.39, 0.29) is 0 Å². The van der Waals surface area contributed by atoms with Gasteiger partial charge in [0.05, 0.1) is 17.4 Å². The molecule has 0 saturated carbocycles. The molecule has 4 heteroatoms. The van der Waals surface area contributed by atoms with Crippen molar-refractivity contribution in [3.8, 4) is 6.07 Å². The highest BCUT2D eigenvalue weighted by Crippen LogP contribution is 2.13. The summed E-state index contributed by atoms with van der Waals surface area (Å²) in [6, 6.07) is 9.45. The van der Waals surface area contributed by atoms with Crippen LogP contribution in [0.5, 0.6) is 0 Å². The minimum atomic E-state index is -0.434. The Balaban J connectivity index is 2.47. The Bertz CT molecular complexity index is 396. The molecule has 0 spiro atoms. The van der Waals surface area contributed by atoms with Crippen LogP contribution >= 0.6 is 0 Å². The van der Waals surface area contributed by atoms with E-state index in [1.54, 1.807) is 6.07 Å². The van der Waals surface area contributed by atoms with Crippen LogP contribution in [0.25, 0.3) is 0 Å². The van der Waals surface area contributed by atoms with E-state index < -0.39 is 6.10 Å². The number of nitrogens with zero attached hydrogens (tertiary/aromatic N) is 2. The summed E-state index contributed by atoms with van der Waals surface area (Å²) in [5, 5.41) is 22.0. The normalized spacial score (nSPS) is 12.2. The first-order chi connectivity index (χ1) is 8.71. The number of aliphatic hydroxyl groups is 1. The van der Waals surface area contributed by atoms with Gasteiger partial charge in [-0.25, -0.2) is 0 Å². The van der Waals surface area contributed by atoms with Gasteiger partial charge in [-0.15, -0.1) is 0 Å². The van der Waals surface area contributed by atoms with E-state index in [9.17, 15) is 5.11 Å². The Labute approximate surface area is 109 Å². The number of benzene rings is 1. The Hall–Kier alpha value is -1.57. The number of nitrogens with one attached hydrogen (secondary N) is 1. The Morgan fingerprint density at radius 1 is 1.33 bits per heavy atom. The molecule has 0 amide bonds. The van der Waals surface area contributed by atoms with Crippen LogP contribution in [0.15, 0.2) is 24.3 Å². The van der Waals surface area contributed by atoms with Crippen LogP contribution in [0.4, 0.5) is 5.69 Å². The van der Waals surface area contributed by atoms with E-state index in [1.165, 1.54) is 0 Å². The van der Waals surface area contributed by atoms with Gasteiger partial charge in [0.2, 0.25) is 0 Å². The molecule has 0 aliphatic rings. The molecule has 18 heavy (non-hydrogen) atoms. The second-order valence-corrected chi connectivity index (χ2v) is 4.18. The molecule has 0 saturated heterocycles. The third-order valence-electron chi connectivity index (χ3n) is 2.94. The molecule has 2 N–H and O–H groups in total. The number of anilines is 1. The van der Waals surface area contributed by atoms with Gasteiger partial charge in [-0.05, 0) is 25.2 Å². The smallest absolute Gasteiger partial charge is 0.101 e. The summed E-state index contributed by atoms with van der Waals surface area (Å²) in [5.74, 6) is 0. The average Bonchev–Trinajstić information content (AvgIpc) is 2.42. The highest BCUT2D eigenvalue weighted by atomic mass is 16.3. The van der Waals surface area contributed by atoms with Gasteiger partial charge >= 0.3 is 0 Å². The molecule has 0 fully saturated rings. The van der Waals surface area contributed by atoms with E-state index in [0.717, 1.165) is 18.8 Å². The molecule has 0 bridgehead atoms. The van der Waals surface area contributed by atoms with Gasteiger partial charge in [0.1, 0.15) is 6.07 Å². The van der Waals surface area contributed by atoms with Crippen molar-refractivity contribution in [2.24, 2.45) is 0 Å². The first kappa shape index (κ1) is 14.5. The maximum Gasteiger partial charge on any atom is 0.101 e. The van der Waals surface area contributed by atoms with E-state index in [2.05, 4.69) is 30.1 Å². The monoisotopic (exact) mass is 247 g/mol. The van der Waals surface area contributed by atoms with E-state index in [0.29, 0.717) is 18.7 Å². The number of likely N-dealkylation sites (N-methyl/N-ethyl adjacent to an activating group) is 1. The van der Waals surface area contributed by atoms with Crippen LogP contribution < -0.4 is 5.32 Å². The van der Waals surface area contributed by atoms with Gasteiger partial charge in [0, 0.05) is 13.1 Å². The number of hydrogen-bond acceptors (Lipinski definition) is 4. The minimum Gasteiger partial charge on any atom is -0.390 e. The molecule has 1 aromatic carbocycles. The SMILES string of the molecule is CCN(CC)CC(O)CNc1ccccc1C#N. The van der Waals surface area contributed by atoms with Crippen molar-refractivity contribution in [1.82, 2.24) is 4.90 Å². The Morgan fingerprint density at radius 2 is 2.00 bits per heavy atom. The summed E-state index contributed by atoms with van der Waals surface area (Å²) in [4.78, 5) is 2.17. The molecule has 0 radical (unpaired) electrons. The number of rotatable bonds is 7. The molecule has 1 rings (SSSR count). The first-order valence-corrected chi connectivity index (χ1v) is 6.34. The maximum absolute atomic E-state index is 9.92. The van der Waals surface area contributed by atoms with E-state index in [1.807, 2.05) is 18.2 Å². The van der Waals surface area contributed by atoms with Crippen LogP contribution in [0.1, 0.15) is 19.4 Å². The number of aliphatic hydroxyl groups excluding tert-OH is 1. The second kappa shape index (κ2) is 7.70. The van der Waals surface area contributed by atoms with Crippen molar-refractivity contribution < 1.29 is 5.11 Å². The molecule has 0 aliphatic carbocycles. The quantitative estimate of drug-likeness (QED) is 0.769. The average molecular weight is 247 g/mol. The van der Waals surface area contributed by atoms with Gasteiger partial charge in [-0.1, -0.05) is 26.0 Å². The van der Waals surface area contributed by atoms with Crippen LogP contribution in [0.3, 0.4) is 0 Å². The van der Waals surface area contributed by atoms with Crippen LogP contribution in [0, 0.1) is 11.3 Å². The van der Waals surface area contributed by atoms with Crippen LogP contribution in [0.2, 0.25) is 0 Å². The lowest BCUT2D eigenvalue weighted by Gasteiger charge is -2.22. The molecule has 0 aromatic heterocycles. The Kier molecular flexibility index (Phi) is 6.20. The third-order valence-corrected chi connectivity index (χ3v) is 2.94. The van der Waals surface area contributed by atoms with Crippen molar-refractivity contribution in [3.63, 3.8) is 0 Å². The zero-order valence-electron chi connectivity index (χ0n) is 11.1. The largest absolute Gasteiger partial charge is 0.390 e. The molecular formula is C14H21N3O. The van der Waals surface area contributed by atoms with Gasteiger partial charge in [0.25, 0.3) is 0 Å². The summed E-state index contributed by atoms with van der Waals surface area (Å²) in [7, 11) is 0. The van der Waals surface area contributed by atoms with E-state index >= 15 is 0 Å². The summed E-state index contributed by atoms with van der Waals surface area (Å²) in [6.45, 7) is 7.12. The summed E-state index contributed by atoms with van der Waals surface area (Å²) in [6.07, 6.45) is -0.434.